The van der Waals surface area contributed by atoms with Gasteiger partial charge in [0.05, 0.1) is 19.7 Å². The average molecular weight is 392 g/mol. The molecule has 3 N–H and O–H groups in total. The average Bonchev–Trinajstić information content (AvgIpc) is 3.21. The summed E-state index contributed by atoms with van der Waals surface area (Å²) < 4.78 is 10.8. The standard InChI is InChI=1S/C18H21N3O5S/c1-3-25-18(24)16-12(13-5-4-11(2)26-13)10-27-17(16)20-15(23)9-21-7-6-19-14(22)8-21/h4-5,10H,3,6-9H2,1-2H3,(H,19,22)(H,20,23)/p+1. The fraction of sp³-hybridized carbons (Fsp3) is 0.389. The summed E-state index contributed by atoms with van der Waals surface area (Å²) in [7, 11) is 0. The van der Waals surface area contributed by atoms with Crippen LogP contribution in [0.1, 0.15) is 23.0 Å². The molecular formula is C18H22N3O5S+. The Labute approximate surface area is 160 Å². The number of nitrogens with one attached hydrogen (secondary N) is 3. The second-order valence-electron chi connectivity index (χ2n) is 6.24. The monoisotopic (exact) mass is 392 g/mol. The van der Waals surface area contributed by atoms with E-state index in [4.69, 9.17) is 9.15 Å². The van der Waals surface area contributed by atoms with E-state index in [2.05, 4.69) is 10.6 Å². The van der Waals surface area contributed by atoms with Gasteiger partial charge in [0.25, 0.3) is 11.8 Å². The van der Waals surface area contributed by atoms with Gasteiger partial charge in [-0.2, -0.15) is 0 Å². The van der Waals surface area contributed by atoms with Gasteiger partial charge in [0.1, 0.15) is 22.1 Å². The van der Waals surface area contributed by atoms with E-state index >= 15 is 0 Å². The van der Waals surface area contributed by atoms with E-state index in [9.17, 15) is 14.4 Å². The molecule has 0 bridgehead atoms. The zero-order valence-corrected chi connectivity index (χ0v) is 16.0. The first-order chi connectivity index (χ1) is 13.0. The summed E-state index contributed by atoms with van der Waals surface area (Å²) in [4.78, 5) is 37.3. The van der Waals surface area contributed by atoms with E-state index in [1.165, 1.54) is 11.3 Å². The van der Waals surface area contributed by atoms with Crippen molar-refractivity contribution in [2.45, 2.75) is 13.8 Å². The summed E-state index contributed by atoms with van der Waals surface area (Å²) in [6, 6.07) is 3.59. The Hall–Kier alpha value is -2.65. The molecule has 1 aliphatic heterocycles. The summed E-state index contributed by atoms with van der Waals surface area (Å²) in [5, 5.41) is 7.71. The van der Waals surface area contributed by atoms with Gasteiger partial charge in [0.2, 0.25) is 0 Å². The van der Waals surface area contributed by atoms with Crippen LogP contribution in [0.3, 0.4) is 0 Å². The van der Waals surface area contributed by atoms with Crippen LogP contribution < -0.4 is 15.5 Å². The largest absolute Gasteiger partial charge is 0.462 e. The van der Waals surface area contributed by atoms with Crippen LogP contribution in [0.4, 0.5) is 5.00 Å². The number of esters is 1. The third kappa shape index (κ3) is 4.55. The number of amides is 2. The minimum absolute atomic E-state index is 0.0668. The van der Waals surface area contributed by atoms with E-state index in [1.807, 2.05) is 13.0 Å². The van der Waals surface area contributed by atoms with Gasteiger partial charge in [-0.1, -0.05) is 0 Å². The topological polar surface area (TPSA) is 102 Å². The minimum Gasteiger partial charge on any atom is -0.462 e. The van der Waals surface area contributed by atoms with E-state index in [1.54, 1.807) is 18.4 Å². The van der Waals surface area contributed by atoms with Crippen molar-refractivity contribution in [3.05, 3.63) is 28.8 Å². The lowest BCUT2D eigenvalue weighted by Crippen LogP contribution is -3.16. The van der Waals surface area contributed by atoms with Crippen molar-refractivity contribution >= 4 is 34.1 Å². The molecule has 2 amide bonds. The molecule has 0 spiro atoms. The third-order valence-electron chi connectivity index (χ3n) is 4.15. The molecular weight excluding hydrogens is 370 g/mol. The lowest BCUT2D eigenvalue weighted by molar-refractivity contribution is -0.885. The van der Waals surface area contributed by atoms with Gasteiger partial charge in [-0.15, -0.1) is 11.3 Å². The molecule has 0 aliphatic carbocycles. The number of quaternary nitrogens is 1. The van der Waals surface area contributed by atoms with Gasteiger partial charge in [0.15, 0.2) is 13.1 Å². The number of aryl methyl sites for hydroxylation is 1. The smallest absolute Gasteiger partial charge is 0.341 e. The van der Waals surface area contributed by atoms with Crippen LogP contribution in [0, 0.1) is 6.92 Å². The molecule has 9 heteroatoms. The van der Waals surface area contributed by atoms with Crippen molar-refractivity contribution in [3.63, 3.8) is 0 Å². The van der Waals surface area contributed by atoms with E-state index in [-0.39, 0.29) is 37.1 Å². The first kappa shape index (κ1) is 19.1. The van der Waals surface area contributed by atoms with Crippen molar-refractivity contribution in [1.29, 1.82) is 0 Å². The highest BCUT2D eigenvalue weighted by molar-refractivity contribution is 7.15. The number of anilines is 1. The molecule has 1 aliphatic rings. The number of carbonyl (C=O) groups excluding carboxylic acids is 3. The Morgan fingerprint density at radius 2 is 2.22 bits per heavy atom. The predicted octanol–water partition coefficient (Wildman–Crippen LogP) is 0.446. The van der Waals surface area contributed by atoms with Crippen LogP contribution in [0.25, 0.3) is 11.3 Å². The summed E-state index contributed by atoms with van der Waals surface area (Å²) in [6.45, 7) is 5.43. The van der Waals surface area contributed by atoms with Crippen LogP contribution in [0.2, 0.25) is 0 Å². The summed E-state index contributed by atoms with van der Waals surface area (Å²) in [5.74, 6) is 0.439. The molecule has 2 aromatic heterocycles. The first-order valence-electron chi connectivity index (χ1n) is 8.73. The van der Waals surface area contributed by atoms with E-state index < -0.39 is 5.97 Å². The SMILES string of the molecule is CCOC(=O)c1c(-c2ccc(C)o2)csc1NC(=O)C[NH+]1CCNC(=O)C1. The van der Waals surface area contributed by atoms with Crippen molar-refractivity contribution in [2.75, 3.05) is 38.1 Å². The van der Waals surface area contributed by atoms with E-state index in [0.717, 1.165) is 10.7 Å². The molecule has 0 aromatic carbocycles. The number of thiophene rings is 1. The van der Waals surface area contributed by atoms with Crippen molar-refractivity contribution < 1.29 is 28.4 Å². The molecule has 0 saturated carbocycles. The molecule has 2 aromatic rings. The normalized spacial score (nSPS) is 16.7. The maximum absolute atomic E-state index is 12.5. The molecule has 1 fully saturated rings. The van der Waals surface area contributed by atoms with Crippen LogP contribution in [0.15, 0.2) is 21.9 Å². The maximum Gasteiger partial charge on any atom is 0.341 e. The summed E-state index contributed by atoms with van der Waals surface area (Å²) in [5.41, 5.74) is 0.877. The van der Waals surface area contributed by atoms with Crippen molar-refractivity contribution in [1.82, 2.24) is 5.32 Å². The number of furan rings is 1. The van der Waals surface area contributed by atoms with Gasteiger partial charge in [-0.3, -0.25) is 9.59 Å². The van der Waals surface area contributed by atoms with Crippen LogP contribution in [-0.2, 0) is 14.3 Å². The zero-order chi connectivity index (χ0) is 19.4. The second kappa shape index (κ2) is 8.36. The Bertz CT molecular complexity index is 857. The zero-order valence-electron chi connectivity index (χ0n) is 15.2. The second-order valence-corrected chi connectivity index (χ2v) is 7.12. The summed E-state index contributed by atoms with van der Waals surface area (Å²) in [6.07, 6.45) is 0. The lowest BCUT2D eigenvalue weighted by Gasteiger charge is -2.22. The Kier molecular flexibility index (Phi) is 5.92. The van der Waals surface area contributed by atoms with Crippen molar-refractivity contribution in [3.8, 4) is 11.3 Å². The summed E-state index contributed by atoms with van der Waals surface area (Å²) >= 11 is 1.24. The predicted molar refractivity (Wildman–Crippen MR) is 99.9 cm³/mol. The number of carbonyl (C=O) groups is 3. The van der Waals surface area contributed by atoms with Gasteiger partial charge in [-0.05, 0) is 26.0 Å². The number of piperazine rings is 1. The van der Waals surface area contributed by atoms with Crippen molar-refractivity contribution in [2.24, 2.45) is 0 Å². The van der Waals surface area contributed by atoms with Gasteiger partial charge >= 0.3 is 5.97 Å². The Morgan fingerprint density at radius 3 is 2.89 bits per heavy atom. The molecule has 3 heterocycles. The third-order valence-corrected chi connectivity index (χ3v) is 5.05. The van der Waals surface area contributed by atoms with Gasteiger partial charge < -0.3 is 24.7 Å². The molecule has 0 radical (unpaired) electrons. The highest BCUT2D eigenvalue weighted by Gasteiger charge is 2.26. The molecule has 1 atom stereocenters. The number of ether oxygens (including phenoxy) is 1. The highest BCUT2D eigenvalue weighted by atomic mass is 32.1. The van der Waals surface area contributed by atoms with Crippen LogP contribution >= 0.6 is 11.3 Å². The number of hydrogen-bond acceptors (Lipinski definition) is 6. The Morgan fingerprint density at radius 1 is 1.41 bits per heavy atom. The molecule has 1 saturated heterocycles. The number of hydrogen-bond donors (Lipinski definition) is 3. The highest BCUT2D eigenvalue weighted by Crippen LogP contribution is 2.36. The van der Waals surface area contributed by atoms with Gasteiger partial charge in [0, 0.05) is 10.9 Å². The molecule has 8 nitrogen and oxygen atoms in total. The minimum atomic E-state index is -0.511. The Balaban J connectivity index is 1.79. The quantitative estimate of drug-likeness (QED) is 0.620. The maximum atomic E-state index is 12.5. The molecule has 27 heavy (non-hydrogen) atoms. The lowest BCUT2D eigenvalue weighted by atomic mass is 10.1. The van der Waals surface area contributed by atoms with Crippen LogP contribution in [-0.4, -0.2) is 50.6 Å². The fourth-order valence-corrected chi connectivity index (χ4v) is 3.88. The van der Waals surface area contributed by atoms with Crippen LogP contribution in [0.5, 0.6) is 0 Å². The first-order valence-corrected chi connectivity index (χ1v) is 9.61. The van der Waals surface area contributed by atoms with Gasteiger partial charge in [-0.25, -0.2) is 4.79 Å². The number of rotatable bonds is 6. The molecule has 3 rings (SSSR count). The molecule has 144 valence electrons. The van der Waals surface area contributed by atoms with E-state index in [0.29, 0.717) is 29.4 Å². The molecule has 1 unspecified atom stereocenters. The fourth-order valence-electron chi connectivity index (χ4n) is 2.92.